The number of nitrogens with one attached hydrogen (secondary N) is 4. The highest BCUT2D eigenvalue weighted by molar-refractivity contribution is 6.01. The van der Waals surface area contributed by atoms with Gasteiger partial charge in [-0.3, -0.25) is 53.2 Å². The van der Waals surface area contributed by atoms with E-state index in [1.807, 2.05) is 26.8 Å². The van der Waals surface area contributed by atoms with Crippen LogP contribution in [0.5, 0.6) is 0 Å². The van der Waals surface area contributed by atoms with E-state index in [0.717, 1.165) is 6.42 Å². The predicted molar refractivity (Wildman–Crippen MR) is 239 cm³/mol. The van der Waals surface area contributed by atoms with Crippen molar-refractivity contribution in [2.24, 2.45) is 5.92 Å². The molecule has 0 spiro atoms. The lowest BCUT2D eigenvalue weighted by molar-refractivity contribution is -0.176. The molecule has 4 aliphatic heterocycles. The summed E-state index contributed by atoms with van der Waals surface area (Å²) in [5.74, 6) is -3.25. The van der Waals surface area contributed by atoms with E-state index in [1.165, 1.54) is 34.3 Å². The summed E-state index contributed by atoms with van der Waals surface area (Å²) in [7, 11) is 2.71. The molecule has 2 aromatic carbocycles. The van der Waals surface area contributed by atoms with Gasteiger partial charge < -0.3 is 30.7 Å². The summed E-state index contributed by atoms with van der Waals surface area (Å²) in [6, 6.07) is 12.9. The molecule has 8 amide bonds. The Labute approximate surface area is 385 Å². The largest absolute Gasteiger partial charge is 0.469 e. The van der Waals surface area contributed by atoms with Crippen LogP contribution in [0.25, 0.3) is 0 Å². The Kier molecular flexibility index (Phi) is 18.2. The van der Waals surface area contributed by atoms with E-state index < -0.39 is 65.9 Å². The number of fused-ring (bicyclic) bond motifs is 2. The Bertz CT molecular complexity index is 2070. The number of carbonyl (C=O) groups is 9. The van der Waals surface area contributed by atoms with E-state index in [2.05, 4.69) is 21.3 Å². The number of benzene rings is 2. The molecule has 358 valence electrons. The highest BCUT2D eigenvalue weighted by Gasteiger charge is 2.47. The molecule has 19 heteroatoms. The lowest BCUT2D eigenvalue weighted by atomic mass is 10.00. The van der Waals surface area contributed by atoms with E-state index in [4.69, 9.17) is 9.47 Å². The minimum atomic E-state index is -0.973. The number of nitrogens with zero attached hydrogens (tertiary/aromatic N) is 4. The minimum Gasteiger partial charge on any atom is -0.469 e. The SMILES string of the molecule is CC[C@H](NC(=O)[C@@H]1CCCN2C(=O)CC[C@H](NC(=O)c3ccccc3)C(=O)N12)C(C)C.COC(=O)C[C@H](NC(=O)[C@H]1CCCN2C(=O)CC[C@H](NC(=O)c3ccccc3)C(=O)N12)C(C)OC. The first-order valence-electron chi connectivity index (χ1n) is 22.8. The van der Waals surface area contributed by atoms with E-state index in [9.17, 15) is 43.2 Å². The quantitative estimate of drug-likeness (QED) is 0.201. The minimum absolute atomic E-state index is 0.00533. The first-order chi connectivity index (χ1) is 31.6. The van der Waals surface area contributed by atoms with Crippen LogP contribution in [0.4, 0.5) is 0 Å². The summed E-state index contributed by atoms with van der Waals surface area (Å²) in [5.41, 5.74) is 0.832. The van der Waals surface area contributed by atoms with Crippen LogP contribution in [0.1, 0.15) is 113 Å². The first-order valence-corrected chi connectivity index (χ1v) is 22.8. The number of hydrogen-bond acceptors (Lipinski definition) is 11. The molecular formula is C47H64N8O11. The van der Waals surface area contributed by atoms with Crippen molar-refractivity contribution in [3.63, 3.8) is 0 Å². The first kappa shape index (κ1) is 50.6. The summed E-state index contributed by atoms with van der Waals surface area (Å²) in [4.78, 5) is 116. The highest BCUT2D eigenvalue weighted by atomic mass is 16.5. The Hall–Kier alpha value is -6.37. The van der Waals surface area contributed by atoms with Gasteiger partial charge in [0.25, 0.3) is 23.6 Å². The maximum atomic E-state index is 13.5. The van der Waals surface area contributed by atoms with Crippen LogP contribution in [-0.2, 0) is 43.0 Å². The van der Waals surface area contributed by atoms with Crippen molar-refractivity contribution in [2.75, 3.05) is 27.3 Å². The normalized spacial score (nSPS) is 22.2. The molecule has 0 aliphatic carbocycles. The van der Waals surface area contributed by atoms with Crippen LogP contribution < -0.4 is 21.3 Å². The smallest absolute Gasteiger partial charge is 0.307 e. The average molecular weight is 917 g/mol. The summed E-state index contributed by atoms with van der Waals surface area (Å²) in [6.45, 7) is 8.49. The van der Waals surface area contributed by atoms with Gasteiger partial charge >= 0.3 is 5.97 Å². The Morgan fingerprint density at radius 3 is 1.44 bits per heavy atom. The summed E-state index contributed by atoms with van der Waals surface area (Å²) < 4.78 is 10.0. The molecule has 4 aliphatic rings. The average Bonchev–Trinajstić information content (AvgIpc) is 3.53. The molecule has 2 aromatic rings. The molecule has 0 radical (unpaired) electrons. The van der Waals surface area contributed by atoms with Gasteiger partial charge in [-0.2, -0.15) is 0 Å². The number of hydrogen-bond donors (Lipinski definition) is 4. The number of hydrazine groups is 2. The van der Waals surface area contributed by atoms with Gasteiger partial charge in [0, 0.05) is 50.2 Å². The molecule has 4 fully saturated rings. The number of carbonyl (C=O) groups excluding carboxylic acids is 9. The van der Waals surface area contributed by atoms with Crippen LogP contribution >= 0.6 is 0 Å². The van der Waals surface area contributed by atoms with Crippen LogP contribution in [-0.4, -0.2) is 143 Å². The third-order valence-corrected chi connectivity index (χ3v) is 12.5. The molecule has 0 saturated carbocycles. The lowest BCUT2D eigenvalue weighted by Gasteiger charge is -2.43. The third kappa shape index (κ3) is 12.5. The molecule has 19 nitrogen and oxygen atoms in total. The number of rotatable bonds is 14. The van der Waals surface area contributed by atoms with Crippen molar-refractivity contribution in [3.8, 4) is 0 Å². The van der Waals surface area contributed by atoms with E-state index in [1.54, 1.807) is 61.5 Å². The predicted octanol–water partition coefficient (Wildman–Crippen LogP) is 2.26. The van der Waals surface area contributed by atoms with Gasteiger partial charge in [-0.05, 0) is 82.1 Å². The van der Waals surface area contributed by atoms with Crippen molar-refractivity contribution < 1.29 is 52.6 Å². The maximum Gasteiger partial charge on any atom is 0.307 e. The van der Waals surface area contributed by atoms with Gasteiger partial charge in [-0.15, -0.1) is 0 Å². The maximum absolute atomic E-state index is 13.5. The fourth-order valence-electron chi connectivity index (χ4n) is 8.53. The van der Waals surface area contributed by atoms with Gasteiger partial charge in [0.15, 0.2) is 0 Å². The number of methoxy groups -OCH3 is 2. The fraction of sp³-hybridized carbons (Fsp3) is 0.553. The van der Waals surface area contributed by atoms with Crippen molar-refractivity contribution in [2.45, 2.75) is 134 Å². The second kappa shape index (κ2) is 23.7. The molecule has 4 N–H and O–H groups in total. The highest BCUT2D eigenvalue weighted by Crippen LogP contribution is 2.27. The van der Waals surface area contributed by atoms with Gasteiger partial charge in [0.1, 0.15) is 24.2 Å². The van der Waals surface area contributed by atoms with Gasteiger partial charge in [-0.1, -0.05) is 57.2 Å². The molecule has 7 atom stereocenters. The molecule has 0 bridgehead atoms. The lowest BCUT2D eigenvalue weighted by Crippen LogP contribution is -2.64. The zero-order valence-electron chi connectivity index (χ0n) is 38.7. The Morgan fingerprint density at radius 1 is 0.636 bits per heavy atom. The molecule has 6 rings (SSSR count). The molecule has 66 heavy (non-hydrogen) atoms. The standard InChI is InChI=1S/C24H32N4O7.C23H32N4O4/c1-15(34-2)18(14-21(30)35-3)26-23(32)19-10-7-13-27-20(29)12-11-17(24(33)28(19)27)25-22(31)16-8-5-4-6-9-16;1-4-17(15(2)3)24-22(30)19-11-8-14-26-20(28)13-12-18(23(31)27(19)26)25-21(29)16-9-6-5-7-10-16/h4-6,8-9,15,17-19H,7,10-14H2,1-3H3,(H,25,31)(H,26,32);5-7,9-10,15,17-19H,4,8,11-14H2,1-3H3,(H,24,30)(H,25,29)/t15?,17-,18-,19+;17-,18-,19-/m00/s1. The topological polar surface area (TPSA) is 233 Å². The third-order valence-electron chi connectivity index (χ3n) is 12.5. The van der Waals surface area contributed by atoms with Gasteiger partial charge in [0.2, 0.25) is 23.6 Å². The fourth-order valence-corrected chi connectivity index (χ4v) is 8.53. The van der Waals surface area contributed by atoms with E-state index in [-0.39, 0.29) is 67.7 Å². The summed E-state index contributed by atoms with van der Waals surface area (Å²) >= 11 is 0. The van der Waals surface area contributed by atoms with Crippen molar-refractivity contribution in [3.05, 3.63) is 71.8 Å². The van der Waals surface area contributed by atoms with Crippen molar-refractivity contribution in [1.29, 1.82) is 0 Å². The monoisotopic (exact) mass is 916 g/mol. The van der Waals surface area contributed by atoms with Crippen molar-refractivity contribution >= 4 is 53.2 Å². The van der Waals surface area contributed by atoms with E-state index >= 15 is 0 Å². The zero-order valence-corrected chi connectivity index (χ0v) is 38.7. The molecule has 4 heterocycles. The van der Waals surface area contributed by atoms with Crippen LogP contribution in [0.2, 0.25) is 0 Å². The molecule has 4 saturated heterocycles. The summed E-state index contributed by atoms with van der Waals surface area (Å²) in [6.07, 6.45) is 2.67. The van der Waals surface area contributed by atoms with Crippen molar-refractivity contribution in [1.82, 2.24) is 41.3 Å². The molecular weight excluding hydrogens is 853 g/mol. The van der Waals surface area contributed by atoms with Crippen LogP contribution in [0, 0.1) is 5.92 Å². The number of amides is 8. The zero-order chi connectivity index (χ0) is 48.1. The van der Waals surface area contributed by atoms with Gasteiger partial charge in [0.05, 0.1) is 25.7 Å². The molecule has 1 unspecified atom stereocenters. The Morgan fingerprint density at radius 2 is 1.06 bits per heavy atom. The van der Waals surface area contributed by atoms with Gasteiger partial charge in [-0.25, -0.2) is 10.0 Å². The van der Waals surface area contributed by atoms with Crippen LogP contribution in [0.3, 0.4) is 0 Å². The molecule has 0 aromatic heterocycles. The summed E-state index contributed by atoms with van der Waals surface area (Å²) in [5, 5.41) is 16.5. The second-order valence-corrected chi connectivity index (χ2v) is 17.2. The van der Waals surface area contributed by atoms with Crippen LogP contribution in [0.15, 0.2) is 60.7 Å². The second-order valence-electron chi connectivity index (χ2n) is 17.2. The Balaban J connectivity index is 0.000000249. The van der Waals surface area contributed by atoms with E-state index in [0.29, 0.717) is 49.9 Å². The number of esters is 1. The number of ether oxygens (including phenoxy) is 2.